The normalized spacial score (nSPS) is 19.6. The fourth-order valence-electron chi connectivity index (χ4n) is 5.82. The highest BCUT2D eigenvalue weighted by Crippen LogP contribution is 2.28. The van der Waals surface area contributed by atoms with Gasteiger partial charge in [0.2, 0.25) is 5.91 Å². The number of carbonyl (C=O) groups is 2. The lowest BCUT2D eigenvalue weighted by Crippen LogP contribution is -2.49. The topological polar surface area (TPSA) is 103 Å². The largest absolute Gasteiger partial charge is 0.376 e. The molecule has 1 unspecified atom stereocenters. The van der Waals surface area contributed by atoms with Crippen molar-refractivity contribution in [3.8, 4) is 0 Å². The van der Waals surface area contributed by atoms with Gasteiger partial charge in [0.15, 0.2) is 5.78 Å². The summed E-state index contributed by atoms with van der Waals surface area (Å²) in [5.74, 6) is 1.14. The van der Waals surface area contributed by atoms with E-state index in [0.717, 1.165) is 67.6 Å². The number of aromatic amines is 1. The summed E-state index contributed by atoms with van der Waals surface area (Å²) >= 11 is 0. The maximum Gasteiger partial charge on any atom is 0.239 e. The summed E-state index contributed by atoms with van der Waals surface area (Å²) in [5.41, 5.74) is 2.29. The molecule has 2 aliphatic rings. The third-order valence-corrected chi connectivity index (χ3v) is 7.78. The molecule has 1 aliphatic heterocycles. The van der Waals surface area contributed by atoms with Gasteiger partial charge in [0.1, 0.15) is 17.8 Å². The number of ketones is 1. The SMILES string of the molecule is O=C(CNc1ccccc1C(=O)C1CCCCCCCC1)NC1CCCN(c2ncnc3[nH]ccc23)C1. The molecule has 3 heterocycles. The van der Waals surface area contributed by atoms with Crippen molar-refractivity contribution >= 4 is 34.2 Å². The van der Waals surface area contributed by atoms with Crippen LogP contribution in [0.5, 0.6) is 0 Å². The lowest BCUT2D eigenvalue weighted by atomic mass is 9.88. The van der Waals surface area contributed by atoms with Crippen molar-refractivity contribution in [2.75, 3.05) is 29.9 Å². The van der Waals surface area contributed by atoms with E-state index >= 15 is 0 Å². The van der Waals surface area contributed by atoms with E-state index in [0.29, 0.717) is 12.1 Å². The highest BCUT2D eigenvalue weighted by molar-refractivity contribution is 6.03. The maximum absolute atomic E-state index is 13.4. The number of hydrogen-bond acceptors (Lipinski definition) is 6. The Morgan fingerprint density at radius 3 is 2.57 bits per heavy atom. The molecular formula is C29H38N6O2. The molecule has 1 saturated carbocycles. The number of para-hydroxylation sites is 1. The van der Waals surface area contributed by atoms with Crippen molar-refractivity contribution in [1.82, 2.24) is 20.3 Å². The number of hydrogen-bond donors (Lipinski definition) is 3. The minimum atomic E-state index is -0.0639. The molecule has 1 amide bonds. The molecular weight excluding hydrogens is 464 g/mol. The zero-order chi connectivity index (χ0) is 25.5. The van der Waals surface area contributed by atoms with Gasteiger partial charge in [0.05, 0.1) is 11.9 Å². The van der Waals surface area contributed by atoms with Crippen molar-refractivity contribution in [3.63, 3.8) is 0 Å². The summed E-state index contributed by atoms with van der Waals surface area (Å²) in [6.45, 7) is 1.75. The molecule has 0 bridgehead atoms. The zero-order valence-corrected chi connectivity index (χ0v) is 21.5. The van der Waals surface area contributed by atoms with Gasteiger partial charge in [-0.25, -0.2) is 9.97 Å². The molecule has 37 heavy (non-hydrogen) atoms. The van der Waals surface area contributed by atoms with Crippen LogP contribution in [-0.4, -0.2) is 52.3 Å². The Hall–Kier alpha value is -3.42. The van der Waals surface area contributed by atoms with Crippen LogP contribution < -0.4 is 15.5 Å². The van der Waals surface area contributed by atoms with Crippen molar-refractivity contribution in [2.45, 2.75) is 70.3 Å². The van der Waals surface area contributed by atoms with Crippen molar-refractivity contribution in [3.05, 3.63) is 48.4 Å². The van der Waals surface area contributed by atoms with E-state index in [2.05, 4.69) is 30.5 Å². The second-order valence-electron chi connectivity index (χ2n) is 10.4. The van der Waals surface area contributed by atoms with E-state index < -0.39 is 0 Å². The molecule has 3 N–H and O–H groups in total. The molecule has 0 radical (unpaired) electrons. The highest BCUT2D eigenvalue weighted by atomic mass is 16.2. The first-order valence-electron chi connectivity index (χ1n) is 13.9. The van der Waals surface area contributed by atoms with Gasteiger partial charge in [-0.15, -0.1) is 0 Å². The number of H-pyrrole nitrogens is 1. The molecule has 0 spiro atoms. The number of rotatable bonds is 7. The van der Waals surface area contributed by atoms with E-state index in [9.17, 15) is 9.59 Å². The van der Waals surface area contributed by atoms with Crippen molar-refractivity contribution in [2.24, 2.45) is 5.92 Å². The number of amides is 1. The number of nitrogens with zero attached hydrogens (tertiary/aromatic N) is 3. The second-order valence-corrected chi connectivity index (χ2v) is 10.4. The summed E-state index contributed by atoms with van der Waals surface area (Å²) in [5, 5.41) is 7.44. The first kappa shape index (κ1) is 25.2. The number of anilines is 2. The zero-order valence-electron chi connectivity index (χ0n) is 21.5. The fraction of sp³-hybridized carbons (Fsp3) is 0.517. The van der Waals surface area contributed by atoms with Gasteiger partial charge in [-0.2, -0.15) is 0 Å². The quantitative estimate of drug-likeness (QED) is 0.389. The van der Waals surface area contributed by atoms with Crippen LogP contribution in [-0.2, 0) is 4.79 Å². The Morgan fingerprint density at radius 2 is 1.73 bits per heavy atom. The minimum absolute atomic E-state index is 0.0442. The fourth-order valence-corrected chi connectivity index (χ4v) is 5.82. The average molecular weight is 503 g/mol. The average Bonchev–Trinajstić information content (AvgIpc) is 3.45. The maximum atomic E-state index is 13.4. The molecule has 8 heteroatoms. The number of nitrogens with one attached hydrogen (secondary N) is 3. The van der Waals surface area contributed by atoms with E-state index in [4.69, 9.17) is 0 Å². The third-order valence-electron chi connectivity index (χ3n) is 7.78. The molecule has 196 valence electrons. The van der Waals surface area contributed by atoms with Gasteiger partial charge in [0, 0.05) is 42.5 Å². The predicted molar refractivity (Wildman–Crippen MR) is 147 cm³/mol. The Kier molecular flexibility index (Phi) is 8.33. The van der Waals surface area contributed by atoms with Gasteiger partial charge >= 0.3 is 0 Å². The molecule has 1 aromatic carbocycles. The summed E-state index contributed by atoms with van der Waals surface area (Å²) in [6, 6.07) is 9.69. The van der Waals surface area contributed by atoms with Gasteiger partial charge in [-0.3, -0.25) is 9.59 Å². The van der Waals surface area contributed by atoms with Gasteiger partial charge in [-0.1, -0.05) is 50.7 Å². The second kappa shape index (κ2) is 12.2. The predicted octanol–water partition coefficient (Wildman–Crippen LogP) is 5.09. The summed E-state index contributed by atoms with van der Waals surface area (Å²) < 4.78 is 0. The molecule has 5 rings (SSSR count). The number of Topliss-reactive ketones (excluding diaryl/α,β-unsaturated/α-hetero) is 1. The Balaban J connectivity index is 1.18. The monoisotopic (exact) mass is 502 g/mol. The first-order chi connectivity index (χ1) is 18.2. The van der Waals surface area contributed by atoms with E-state index in [1.165, 1.54) is 25.7 Å². The standard InChI is InChI=1S/C29H38N6O2/c36-26(34-22-12-9-17-35(19-22)29-24-15-16-30-28(24)32-20-33-29)18-31-25-14-8-7-13-23(25)27(37)21-10-5-3-1-2-4-6-11-21/h7-8,13-16,20-22,31H,1-6,9-12,17-19H2,(H,34,36)(H,30,32,33). The Bertz CT molecular complexity index is 1200. The Labute approximate surface area is 218 Å². The number of piperidine rings is 1. The first-order valence-corrected chi connectivity index (χ1v) is 13.9. The van der Waals surface area contributed by atoms with E-state index in [1.54, 1.807) is 6.33 Å². The molecule has 2 fully saturated rings. The van der Waals surface area contributed by atoms with Gasteiger partial charge in [-0.05, 0) is 43.9 Å². The van der Waals surface area contributed by atoms with Crippen LogP contribution in [0.1, 0.15) is 74.6 Å². The van der Waals surface area contributed by atoms with Gasteiger partial charge in [0.25, 0.3) is 0 Å². The molecule has 1 aliphatic carbocycles. The summed E-state index contributed by atoms with van der Waals surface area (Å²) in [7, 11) is 0. The third kappa shape index (κ3) is 6.29. The van der Waals surface area contributed by atoms with Crippen LogP contribution in [0.25, 0.3) is 11.0 Å². The molecule has 8 nitrogen and oxygen atoms in total. The number of benzene rings is 1. The highest BCUT2D eigenvalue weighted by Gasteiger charge is 2.25. The van der Waals surface area contributed by atoms with Crippen LogP contribution in [0.2, 0.25) is 0 Å². The smallest absolute Gasteiger partial charge is 0.239 e. The molecule has 3 aromatic rings. The Morgan fingerprint density at radius 1 is 0.946 bits per heavy atom. The van der Waals surface area contributed by atoms with E-state index in [1.807, 2.05) is 36.5 Å². The number of carbonyl (C=O) groups excluding carboxylic acids is 2. The molecule has 1 atom stereocenters. The van der Waals surface area contributed by atoms with E-state index in [-0.39, 0.29) is 30.2 Å². The molecule has 2 aromatic heterocycles. The van der Waals surface area contributed by atoms with Crippen molar-refractivity contribution < 1.29 is 9.59 Å². The van der Waals surface area contributed by atoms with Crippen LogP contribution in [0.3, 0.4) is 0 Å². The molecule has 1 saturated heterocycles. The number of fused-ring (bicyclic) bond motifs is 1. The van der Waals surface area contributed by atoms with Gasteiger partial charge < -0.3 is 20.5 Å². The van der Waals surface area contributed by atoms with Crippen LogP contribution in [0, 0.1) is 5.92 Å². The number of aromatic nitrogens is 3. The lowest BCUT2D eigenvalue weighted by molar-refractivity contribution is -0.120. The summed E-state index contributed by atoms with van der Waals surface area (Å²) in [6.07, 6.45) is 14.5. The van der Waals surface area contributed by atoms with Crippen LogP contribution in [0.4, 0.5) is 11.5 Å². The van der Waals surface area contributed by atoms with Crippen molar-refractivity contribution in [1.29, 1.82) is 0 Å². The summed E-state index contributed by atoms with van der Waals surface area (Å²) in [4.78, 5) is 40.5. The van der Waals surface area contributed by atoms with Crippen LogP contribution in [0.15, 0.2) is 42.9 Å². The minimum Gasteiger partial charge on any atom is -0.376 e. The lowest BCUT2D eigenvalue weighted by Gasteiger charge is -2.34. The van der Waals surface area contributed by atoms with Crippen LogP contribution >= 0.6 is 0 Å².